The topological polar surface area (TPSA) is 93.9 Å². The maximum absolute atomic E-state index is 11.8. The van der Waals surface area contributed by atoms with Crippen molar-refractivity contribution >= 4 is 12.4 Å². The first-order chi connectivity index (χ1) is 10.2. The van der Waals surface area contributed by atoms with Crippen LogP contribution in [0.1, 0.15) is 12.0 Å². The van der Waals surface area contributed by atoms with Gasteiger partial charge in [0.15, 0.2) is 11.5 Å². The Balaban J connectivity index is 2.61. The zero-order chi connectivity index (χ0) is 15.7. The van der Waals surface area contributed by atoms with Gasteiger partial charge in [0.05, 0.1) is 14.2 Å². The largest absolute Gasteiger partial charge is 0.493 e. The minimum absolute atomic E-state index is 0.284. The number of nitrogens with two attached hydrogens (primary N) is 1. The molecule has 0 aromatic heterocycles. The fraction of sp³-hybridized carbons (Fsp3) is 0.429. The second kappa shape index (κ2) is 8.80. The van der Waals surface area contributed by atoms with Gasteiger partial charge in [0.25, 0.3) is 0 Å². The molecule has 7 nitrogen and oxygen atoms in total. The zero-order valence-corrected chi connectivity index (χ0v) is 12.3. The van der Waals surface area contributed by atoms with Crippen molar-refractivity contribution in [2.45, 2.75) is 13.0 Å². The van der Waals surface area contributed by atoms with Gasteiger partial charge in [0.1, 0.15) is 0 Å². The highest BCUT2D eigenvalue weighted by molar-refractivity contribution is 5.84. The van der Waals surface area contributed by atoms with Gasteiger partial charge in [-0.15, -0.1) is 0 Å². The maximum atomic E-state index is 11.8. The van der Waals surface area contributed by atoms with E-state index in [1.54, 1.807) is 26.4 Å². The maximum Gasteiger partial charge on any atom is 0.324 e. The average Bonchev–Trinajstić information content (AvgIpc) is 2.53. The van der Waals surface area contributed by atoms with Crippen molar-refractivity contribution in [3.8, 4) is 11.5 Å². The van der Waals surface area contributed by atoms with E-state index in [0.29, 0.717) is 37.4 Å². The first kappa shape index (κ1) is 16.8. The summed E-state index contributed by atoms with van der Waals surface area (Å²) in [4.78, 5) is 23.7. The monoisotopic (exact) mass is 295 g/mol. The van der Waals surface area contributed by atoms with Crippen LogP contribution >= 0.6 is 0 Å². The van der Waals surface area contributed by atoms with Gasteiger partial charge >= 0.3 is 6.03 Å². The van der Waals surface area contributed by atoms with Crippen molar-refractivity contribution in [1.82, 2.24) is 10.2 Å². The lowest BCUT2D eigenvalue weighted by molar-refractivity contribution is -0.115. The minimum Gasteiger partial charge on any atom is -0.493 e. The number of ether oxygens (including phenoxy) is 2. The number of carbonyl (C=O) groups excluding carboxylic acids is 2. The molecule has 7 heteroatoms. The molecular formula is C14H21N3O4. The lowest BCUT2D eigenvalue weighted by atomic mass is 10.2. The molecule has 0 aliphatic heterocycles. The first-order valence-electron chi connectivity index (χ1n) is 6.57. The molecule has 0 saturated heterocycles. The molecule has 0 aliphatic carbocycles. The van der Waals surface area contributed by atoms with Crippen LogP contribution in [0.2, 0.25) is 0 Å². The highest BCUT2D eigenvalue weighted by Crippen LogP contribution is 2.27. The van der Waals surface area contributed by atoms with Gasteiger partial charge in [0, 0.05) is 13.1 Å². The number of methoxy groups -OCH3 is 2. The summed E-state index contributed by atoms with van der Waals surface area (Å²) in [5.74, 6) is 1.20. The third kappa shape index (κ3) is 4.96. The molecule has 116 valence electrons. The Kier molecular flexibility index (Phi) is 7.03. The molecule has 0 spiro atoms. The molecule has 0 saturated carbocycles. The molecule has 21 heavy (non-hydrogen) atoms. The van der Waals surface area contributed by atoms with Crippen LogP contribution in [-0.4, -0.2) is 44.7 Å². The number of nitrogens with one attached hydrogen (secondary N) is 1. The first-order valence-corrected chi connectivity index (χ1v) is 6.57. The predicted octanol–water partition coefficient (Wildman–Crippen LogP) is 0.721. The molecule has 3 amide bonds. The van der Waals surface area contributed by atoms with Crippen LogP contribution in [0.4, 0.5) is 4.79 Å². The van der Waals surface area contributed by atoms with E-state index in [2.05, 4.69) is 5.32 Å². The van der Waals surface area contributed by atoms with Crippen LogP contribution in [0.5, 0.6) is 11.5 Å². The third-order valence-electron chi connectivity index (χ3n) is 2.88. The van der Waals surface area contributed by atoms with Gasteiger partial charge in [-0.05, 0) is 30.7 Å². The van der Waals surface area contributed by atoms with E-state index in [1.807, 2.05) is 6.07 Å². The fourth-order valence-corrected chi connectivity index (χ4v) is 1.73. The van der Waals surface area contributed by atoms with Crippen LogP contribution in [0, 0.1) is 0 Å². The van der Waals surface area contributed by atoms with Crippen molar-refractivity contribution in [1.29, 1.82) is 0 Å². The third-order valence-corrected chi connectivity index (χ3v) is 2.88. The Morgan fingerprint density at radius 3 is 2.62 bits per heavy atom. The summed E-state index contributed by atoms with van der Waals surface area (Å²) in [5.41, 5.74) is 6.19. The van der Waals surface area contributed by atoms with Crippen LogP contribution in [0.25, 0.3) is 0 Å². The predicted molar refractivity (Wildman–Crippen MR) is 78.2 cm³/mol. The second-order valence-corrected chi connectivity index (χ2v) is 4.29. The molecule has 0 bridgehead atoms. The summed E-state index contributed by atoms with van der Waals surface area (Å²) in [5, 5.41) is 2.67. The van der Waals surface area contributed by atoms with Gasteiger partial charge in [-0.25, -0.2) is 4.79 Å². The lowest BCUT2D eigenvalue weighted by Gasteiger charge is -2.16. The fourth-order valence-electron chi connectivity index (χ4n) is 1.73. The highest BCUT2D eigenvalue weighted by atomic mass is 16.5. The van der Waals surface area contributed by atoms with E-state index < -0.39 is 6.03 Å². The number of hydrogen-bond acceptors (Lipinski definition) is 5. The summed E-state index contributed by atoms with van der Waals surface area (Å²) < 4.78 is 10.3. The minimum atomic E-state index is -0.451. The summed E-state index contributed by atoms with van der Waals surface area (Å²) in [6.07, 6.45) is 1.07. The van der Waals surface area contributed by atoms with Gasteiger partial charge in [-0.1, -0.05) is 6.07 Å². The molecular weight excluding hydrogens is 274 g/mol. The van der Waals surface area contributed by atoms with Crippen LogP contribution < -0.4 is 20.5 Å². The zero-order valence-electron chi connectivity index (χ0n) is 12.3. The number of imide groups is 1. The molecule has 0 fully saturated rings. The molecule has 1 rings (SSSR count). The van der Waals surface area contributed by atoms with Crippen molar-refractivity contribution < 1.29 is 19.1 Å². The lowest BCUT2D eigenvalue weighted by Crippen LogP contribution is -2.39. The summed E-state index contributed by atoms with van der Waals surface area (Å²) in [6, 6.07) is 4.89. The summed E-state index contributed by atoms with van der Waals surface area (Å²) >= 11 is 0. The number of amides is 3. The van der Waals surface area contributed by atoms with Gasteiger partial charge in [-0.2, -0.15) is 0 Å². The molecule has 0 heterocycles. The van der Waals surface area contributed by atoms with Gasteiger partial charge < -0.3 is 20.5 Å². The number of nitrogens with zero attached hydrogens (tertiary/aromatic N) is 1. The number of hydrogen-bond donors (Lipinski definition) is 2. The van der Waals surface area contributed by atoms with Gasteiger partial charge in [-0.3, -0.25) is 9.69 Å². The molecule has 0 aliphatic rings. The number of benzene rings is 1. The molecule has 0 radical (unpaired) electrons. The normalized spacial score (nSPS) is 9.86. The Bertz CT molecular complexity index is 479. The summed E-state index contributed by atoms with van der Waals surface area (Å²) in [6.45, 7) is 1.01. The van der Waals surface area contributed by atoms with E-state index in [-0.39, 0.29) is 6.54 Å². The number of rotatable bonds is 8. The number of urea groups is 1. The Morgan fingerprint density at radius 1 is 1.33 bits per heavy atom. The second-order valence-electron chi connectivity index (χ2n) is 4.29. The van der Waals surface area contributed by atoms with E-state index in [9.17, 15) is 9.59 Å². The van der Waals surface area contributed by atoms with Crippen LogP contribution in [0.3, 0.4) is 0 Å². The van der Waals surface area contributed by atoms with E-state index >= 15 is 0 Å². The van der Waals surface area contributed by atoms with E-state index in [4.69, 9.17) is 15.2 Å². The van der Waals surface area contributed by atoms with Crippen LogP contribution in [0.15, 0.2) is 18.2 Å². The summed E-state index contributed by atoms with van der Waals surface area (Å²) in [7, 11) is 3.10. The Labute approximate surface area is 124 Å². The molecule has 1 aromatic carbocycles. The standard InChI is InChI=1S/C14H21N3O4/c1-20-12-5-4-11(8-13(12)21-2)9-16-14(19)17(10-18)7-3-6-15/h4-5,8,10H,3,6-7,9,15H2,1-2H3,(H,16,19). The van der Waals surface area contributed by atoms with E-state index in [1.165, 1.54) is 0 Å². The smallest absolute Gasteiger partial charge is 0.324 e. The molecule has 3 N–H and O–H groups in total. The highest BCUT2D eigenvalue weighted by Gasteiger charge is 2.12. The van der Waals surface area contributed by atoms with E-state index in [0.717, 1.165) is 10.5 Å². The molecule has 0 atom stereocenters. The average molecular weight is 295 g/mol. The Morgan fingerprint density at radius 2 is 2.05 bits per heavy atom. The van der Waals surface area contributed by atoms with Crippen molar-refractivity contribution in [3.05, 3.63) is 23.8 Å². The van der Waals surface area contributed by atoms with Crippen LogP contribution in [-0.2, 0) is 11.3 Å². The quantitative estimate of drug-likeness (QED) is 0.689. The number of carbonyl (C=O) groups is 2. The van der Waals surface area contributed by atoms with Crippen molar-refractivity contribution in [2.75, 3.05) is 27.3 Å². The van der Waals surface area contributed by atoms with Crippen molar-refractivity contribution in [2.24, 2.45) is 5.73 Å². The molecule has 0 unspecified atom stereocenters. The Hall–Kier alpha value is -2.28. The van der Waals surface area contributed by atoms with Gasteiger partial charge in [0.2, 0.25) is 6.41 Å². The molecule has 1 aromatic rings. The van der Waals surface area contributed by atoms with Crippen molar-refractivity contribution in [3.63, 3.8) is 0 Å². The SMILES string of the molecule is COc1ccc(CNC(=O)N(C=O)CCCN)cc1OC.